The number of allylic oxidation sites excluding steroid dienone is 2. The largest absolute Gasteiger partial charge is 0.0928 e. The summed E-state index contributed by atoms with van der Waals surface area (Å²) in [5.74, 6) is 0. The molecule has 1 aromatic rings. The fraction of sp³-hybridized carbons (Fsp3) is 0.167. The Bertz CT molecular complexity index is 386. The van der Waals surface area contributed by atoms with Crippen molar-refractivity contribution in [1.82, 2.24) is 0 Å². The molecule has 0 bridgehead atoms. The lowest BCUT2D eigenvalue weighted by Gasteiger charge is -2.11. The van der Waals surface area contributed by atoms with Crippen molar-refractivity contribution in [2.24, 2.45) is 0 Å². The lowest BCUT2D eigenvalue weighted by atomic mass is 9.98. The highest BCUT2D eigenvalue weighted by atomic mass is 28.2. The fourth-order valence-electron chi connectivity index (χ4n) is 1.54. The van der Waals surface area contributed by atoms with Crippen LogP contribution in [0, 0.1) is 0 Å². The van der Waals surface area contributed by atoms with Crippen LogP contribution in [-0.4, -0.2) is 9.52 Å². The van der Waals surface area contributed by atoms with Gasteiger partial charge in [-0.05, 0) is 25.0 Å². The molecule has 0 spiro atoms. The van der Waals surface area contributed by atoms with Gasteiger partial charge in [-0.3, -0.25) is 0 Å². The lowest BCUT2D eigenvalue weighted by Crippen LogP contribution is -2.16. The van der Waals surface area contributed by atoms with Gasteiger partial charge in [-0.1, -0.05) is 46.8 Å². The summed E-state index contributed by atoms with van der Waals surface area (Å²) in [6.07, 6.45) is 6.60. The number of benzene rings is 1. The molecule has 0 N–H and O–H groups in total. The Morgan fingerprint density at radius 2 is 2.00 bits per heavy atom. The van der Waals surface area contributed by atoms with Crippen molar-refractivity contribution in [2.75, 3.05) is 0 Å². The molecule has 2 rings (SSSR count). The molecular weight excluding hydrogens is 172 g/mol. The summed E-state index contributed by atoms with van der Waals surface area (Å²) in [5, 5.41) is 3.13. The van der Waals surface area contributed by atoms with E-state index in [1.54, 1.807) is 10.4 Å². The van der Waals surface area contributed by atoms with Gasteiger partial charge in [0.2, 0.25) is 0 Å². The maximum Gasteiger partial charge on any atom is 0.0816 e. The van der Waals surface area contributed by atoms with Crippen LogP contribution < -0.4 is 5.19 Å². The third-order valence-electron chi connectivity index (χ3n) is 2.57. The first-order valence-electron chi connectivity index (χ1n) is 4.72. The van der Waals surface area contributed by atoms with Gasteiger partial charge >= 0.3 is 0 Å². The van der Waals surface area contributed by atoms with E-state index in [4.69, 9.17) is 0 Å². The Balaban J connectivity index is 2.20. The third-order valence-corrected chi connectivity index (χ3v) is 4.38. The lowest BCUT2D eigenvalue weighted by molar-refractivity contribution is 1.56. The SMILES string of the molecule is CC=C(C)[SiH2]c1ccc2c(c1)C=C2. The van der Waals surface area contributed by atoms with Gasteiger partial charge in [-0.15, -0.1) is 0 Å². The maximum absolute atomic E-state index is 2.34. The zero-order chi connectivity index (χ0) is 9.26. The number of fused-ring (bicyclic) bond motifs is 1. The number of rotatable bonds is 2. The minimum absolute atomic E-state index is 0.163. The van der Waals surface area contributed by atoms with Crippen LogP contribution >= 0.6 is 0 Å². The number of hydrogen-bond donors (Lipinski definition) is 0. The molecule has 0 aliphatic heterocycles. The van der Waals surface area contributed by atoms with E-state index < -0.39 is 0 Å². The van der Waals surface area contributed by atoms with Crippen LogP contribution in [0.15, 0.2) is 29.5 Å². The van der Waals surface area contributed by atoms with Crippen LogP contribution in [-0.2, 0) is 0 Å². The van der Waals surface area contributed by atoms with Gasteiger partial charge in [-0.25, -0.2) is 0 Å². The highest BCUT2D eigenvalue weighted by Gasteiger charge is 2.05. The molecule has 0 nitrogen and oxygen atoms in total. The molecule has 0 saturated carbocycles. The van der Waals surface area contributed by atoms with Crippen molar-refractivity contribution in [3.05, 3.63) is 40.6 Å². The van der Waals surface area contributed by atoms with Gasteiger partial charge in [0.05, 0.1) is 9.52 Å². The zero-order valence-electron chi connectivity index (χ0n) is 8.17. The van der Waals surface area contributed by atoms with E-state index in [-0.39, 0.29) is 9.52 Å². The average molecular weight is 186 g/mol. The minimum atomic E-state index is -0.163. The summed E-state index contributed by atoms with van der Waals surface area (Å²) in [7, 11) is -0.163. The molecule has 66 valence electrons. The minimum Gasteiger partial charge on any atom is -0.0928 e. The summed E-state index contributed by atoms with van der Waals surface area (Å²) in [6, 6.07) is 6.86. The van der Waals surface area contributed by atoms with Crippen LogP contribution in [0.1, 0.15) is 25.0 Å². The predicted molar refractivity (Wildman–Crippen MR) is 63.0 cm³/mol. The zero-order valence-corrected chi connectivity index (χ0v) is 9.59. The van der Waals surface area contributed by atoms with Crippen LogP contribution in [0.25, 0.3) is 12.2 Å². The first-order valence-corrected chi connectivity index (χ1v) is 6.14. The molecule has 0 atom stereocenters. The van der Waals surface area contributed by atoms with E-state index in [0.29, 0.717) is 0 Å². The van der Waals surface area contributed by atoms with Crippen molar-refractivity contribution in [3.63, 3.8) is 0 Å². The maximum atomic E-state index is 2.34. The molecule has 0 aromatic heterocycles. The Kier molecular flexibility index (Phi) is 2.19. The van der Waals surface area contributed by atoms with E-state index in [2.05, 4.69) is 50.3 Å². The van der Waals surface area contributed by atoms with Crippen molar-refractivity contribution < 1.29 is 0 Å². The molecule has 1 heteroatoms. The van der Waals surface area contributed by atoms with Gasteiger partial charge in [0.25, 0.3) is 0 Å². The van der Waals surface area contributed by atoms with Gasteiger partial charge in [0, 0.05) is 0 Å². The average Bonchev–Trinajstić information content (AvgIpc) is 2.10. The van der Waals surface area contributed by atoms with E-state index in [1.807, 2.05) is 0 Å². The van der Waals surface area contributed by atoms with Crippen LogP contribution in [0.5, 0.6) is 0 Å². The topological polar surface area (TPSA) is 0 Å². The third kappa shape index (κ3) is 1.65. The molecule has 1 aromatic carbocycles. The molecule has 0 radical (unpaired) electrons. The summed E-state index contributed by atoms with van der Waals surface area (Å²) in [5.41, 5.74) is 2.82. The number of hydrogen-bond acceptors (Lipinski definition) is 0. The molecule has 0 fully saturated rings. The Morgan fingerprint density at radius 3 is 2.54 bits per heavy atom. The predicted octanol–water partition coefficient (Wildman–Crippen LogP) is 1.89. The molecule has 1 aliphatic rings. The second-order valence-electron chi connectivity index (χ2n) is 3.61. The molecule has 0 heterocycles. The monoisotopic (exact) mass is 186 g/mol. The van der Waals surface area contributed by atoms with Gasteiger partial charge < -0.3 is 0 Å². The molecule has 1 aliphatic carbocycles. The van der Waals surface area contributed by atoms with E-state index in [1.165, 1.54) is 11.1 Å². The second-order valence-corrected chi connectivity index (χ2v) is 5.89. The Hall–Kier alpha value is -1.08. The van der Waals surface area contributed by atoms with Crippen molar-refractivity contribution in [1.29, 1.82) is 0 Å². The summed E-state index contributed by atoms with van der Waals surface area (Å²) in [4.78, 5) is 0. The Morgan fingerprint density at radius 1 is 1.23 bits per heavy atom. The first kappa shape index (κ1) is 8.51. The van der Waals surface area contributed by atoms with Gasteiger partial charge in [-0.2, -0.15) is 0 Å². The van der Waals surface area contributed by atoms with E-state index in [9.17, 15) is 0 Å². The highest BCUT2D eigenvalue weighted by molar-refractivity contribution is 6.60. The first-order chi connectivity index (χ1) is 6.29. The van der Waals surface area contributed by atoms with Crippen molar-refractivity contribution >= 4 is 26.9 Å². The van der Waals surface area contributed by atoms with Gasteiger partial charge in [0.1, 0.15) is 0 Å². The molecular formula is C12H14Si. The standard InChI is InChI=1S/C12H14Si/c1-3-9(2)13-12-7-6-10-4-5-11(10)8-12/h3-8H,13H2,1-2H3. The quantitative estimate of drug-likeness (QED) is 0.628. The highest BCUT2D eigenvalue weighted by Crippen LogP contribution is 2.21. The fourth-order valence-corrected chi connectivity index (χ4v) is 2.94. The smallest absolute Gasteiger partial charge is 0.0816 e. The summed E-state index contributed by atoms with van der Waals surface area (Å²) < 4.78 is 0. The molecule has 0 amide bonds. The van der Waals surface area contributed by atoms with Crippen molar-refractivity contribution in [2.45, 2.75) is 13.8 Å². The molecule has 0 unspecified atom stereocenters. The van der Waals surface area contributed by atoms with E-state index in [0.717, 1.165) is 0 Å². The van der Waals surface area contributed by atoms with Crippen LogP contribution in [0.3, 0.4) is 0 Å². The van der Waals surface area contributed by atoms with Gasteiger partial charge in [0.15, 0.2) is 0 Å². The van der Waals surface area contributed by atoms with Crippen LogP contribution in [0.2, 0.25) is 0 Å². The second kappa shape index (κ2) is 3.34. The van der Waals surface area contributed by atoms with E-state index >= 15 is 0 Å². The molecule has 13 heavy (non-hydrogen) atoms. The summed E-state index contributed by atoms with van der Waals surface area (Å²) in [6.45, 7) is 4.37. The van der Waals surface area contributed by atoms with Crippen molar-refractivity contribution in [3.8, 4) is 0 Å². The summed E-state index contributed by atoms with van der Waals surface area (Å²) >= 11 is 0. The Labute approximate surface area is 81.8 Å². The molecule has 0 saturated heterocycles. The normalized spacial score (nSPS) is 14.8. The van der Waals surface area contributed by atoms with Crippen LogP contribution in [0.4, 0.5) is 0 Å².